The van der Waals surface area contributed by atoms with Gasteiger partial charge in [-0.05, 0) is 60.3 Å². The van der Waals surface area contributed by atoms with Gasteiger partial charge in [0, 0.05) is 0 Å². The highest BCUT2D eigenvalue weighted by atomic mass is 32.2. The molecule has 0 N–H and O–H groups in total. The number of carbonyl (C=O) groups is 2. The summed E-state index contributed by atoms with van der Waals surface area (Å²) in [5, 5.41) is 1.79. The maximum Gasteiger partial charge on any atom is 0.353 e. The molecule has 1 aliphatic heterocycles. The smallest absolute Gasteiger partial charge is 0.353 e. The van der Waals surface area contributed by atoms with E-state index in [-0.39, 0.29) is 11.7 Å². The second-order valence-corrected chi connectivity index (χ2v) is 9.13. The van der Waals surface area contributed by atoms with Gasteiger partial charge >= 0.3 is 5.97 Å². The number of hydrogen-bond acceptors (Lipinski definition) is 7. The van der Waals surface area contributed by atoms with Crippen LogP contribution in [0.5, 0.6) is 11.5 Å². The number of amides is 1. The van der Waals surface area contributed by atoms with Crippen LogP contribution in [0.25, 0.3) is 6.08 Å². The van der Waals surface area contributed by atoms with Crippen molar-refractivity contribution >= 4 is 63.3 Å². The summed E-state index contributed by atoms with van der Waals surface area (Å²) in [6.45, 7) is 2.19. The molecule has 2 aromatic carbocycles. The molecule has 0 unspecified atom stereocenters. The highest BCUT2D eigenvalue weighted by Crippen LogP contribution is 2.37. The quantitative estimate of drug-likeness (QED) is 0.187. The molecule has 5 nitrogen and oxygen atoms in total. The van der Waals surface area contributed by atoms with Crippen LogP contribution >= 0.6 is 35.3 Å². The molecule has 0 radical (unpaired) electrons. The van der Waals surface area contributed by atoms with Crippen LogP contribution < -0.4 is 14.4 Å². The first-order valence-corrected chi connectivity index (χ1v) is 11.6. The van der Waals surface area contributed by atoms with Crippen molar-refractivity contribution in [2.45, 2.75) is 6.92 Å². The summed E-state index contributed by atoms with van der Waals surface area (Å²) in [6, 6.07) is 14.2. The van der Waals surface area contributed by atoms with E-state index < -0.39 is 11.8 Å². The van der Waals surface area contributed by atoms with Crippen molar-refractivity contribution in [2.24, 2.45) is 0 Å². The summed E-state index contributed by atoms with van der Waals surface area (Å²) in [5.74, 6) is -0.586. The molecule has 9 heteroatoms. The average molecular weight is 486 g/mol. The van der Waals surface area contributed by atoms with Crippen molar-refractivity contribution in [1.82, 2.24) is 0 Å². The van der Waals surface area contributed by atoms with E-state index in [2.05, 4.69) is 0 Å². The Morgan fingerprint density at radius 1 is 1.16 bits per heavy atom. The van der Waals surface area contributed by atoms with Gasteiger partial charge in [-0.2, -0.15) is 0 Å². The largest absolute Gasteiger partial charge is 0.490 e. The molecule has 1 saturated heterocycles. The fraction of sp³-hybridized carbons (Fsp3) is 0.0870. The first-order chi connectivity index (χ1) is 15.5. The van der Waals surface area contributed by atoms with Gasteiger partial charge in [-0.3, -0.25) is 9.69 Å². The number of benzene rings is 2. The Morgan fingerprint density at radius 2 is 2.00 bits per heavy atom. The van der Waals surface area contributed by atoms with E-state index >= 15 is 0 Å². The second-order valence-electron chi connectivity index (χ2n) is 6.50. The summed E-state index contributed by atoms with van der Waals surface area (Å²) in [6.07, 6.45) is 1.67. The Balaban J connectivity index is 1.59. The molecule has 1 aromatic heterocycles. The fourth-order valence-electron chi connectivity index (χ4n) is 2.97. The van der Waals surface area contributed by atoms with Gasteiger partial charge in [0.2, 0.25) is 0 Å². The number of rotatable bonds is 6. The lowest BCUT2D eigenvalue weighted by atomic mass is 10.1. The lowest BCUT2D eigenvalue weighted by Gasteiger charge is -2.14. The van der Waals surface area contributed by atoms with Crippen molar-refractivity contribution in [3.63, 3.8) is 0 Å². The number of anilines is 1. The van der Waals surface area contributed by atoms with Crippen molar-refractivity contribution < 1.29 is 23.5 Å². The van der Waals surface area contributed by atoms with Crippen LogP contribution in [0.4, 0.5) is 10.1 Å². The predicted octanol–water partition coefficient (Wildman–Crippen LogP) is 5.91. The van der Waals surface area contributed by atoms with Crippen LogP contribution in [0.2, 0.25) is 0 Å². The molecule has 0 saturated carbocycles. The van der Waals surface area contributed by atoms with Crippen LogP contribution in [0.3, 0.4) is 0 Å². The van der Waals surface area contributed by atoms with Gasteiger partial charge < -0.3 is 9.47 Å². The van der Waals surface area contributed by atoms with Gasteiger partial charge in [-0.25, -0.2) is 9.18 Å². The number of hydrogen-bond donors (Lipinski definition) is 0. The molecule has 4 rings (SSSR count). The van der Waals surface area contributed by atoms with E-state index in [9.17, 15) is 14.0 Å². The van der Waals surface area contributed by atoms with E-state index in [1.807, 2.05) is 6.92 Å². The Hall–Kier alpha value is -3.01. The standard InChI is InChI=1S/C23H16FNO4S3/c1-2-28-18-11-14(8-9-17(18)29-22(27)19-7-4-10-31-19)12-20-21(26)25(23(30)32-20)16-6-3-5-15(24)13-16/h3-13H,2H2,1H3/b20-12-. The van der Waals surface area contributed by atoms with Crippen molar-refractivity contribution in [1.29, 1.82) is 0 Å². The summed E-state index contributed by atoms with van der Waals surface area (Å²) < 4.78 is 25.0. The molecule has 0 atom stereocenters. The summed E-state index contributed by atoms with van der Waals surface area (Å²) in [4.78, 5) is 27.4. The minimum atomic E-state index is -0.468. The van der Waals surface area contributed by atoms with Crippen LogP contribution in [0.1, 0.15) is 22.2 Å². The number of esters is 1. The number of thioether (sulfide) groups is 1. The third-order valence-corrected chi connectivity index (χ3v) is 6.50. The fourth-order valence-corrected chi connectivity index (χ4v) is 4.87. The van der Waals surface area contributed by atoms with Gasteiger partial charge in [0.25, 0.3) is 5.91 Å². The number of carbonyl (C=O) groups excluding carboxylic acids is 2. The molecular weight excluding hydrogens is 469 g/mol. The predicted molar refractivity (Wildman–Crippen MR) is 129 cm³/mol. The van der Waals surface area contributed by atoms with E-state index in [0.717, 1.165) is 11.8 Å². The molecule has 2 heterocycles. The molecule has 32 heavy (non-hydrogen) atoms. The summed E-state index contributed by atoms with van der Waals surface area (Å²) in [7, 11) is 0. The number of nitrogens with zero attached hydrogens (tertiary/aromatic N) is 1. The maximum absolute atomic E-state index is 13.6. The van der Waals surface area contributed by atoms with Crippen molar-refractivity contribution in [3.05, 3.63) is 81.1 Å². The first-order valence-electron chi connectivity index (χ1n) is 9.52. The second kappa shape index (κ2) is 9.64. The topological polar surface area (TPSA) is 55.8 Å². The molecular formula is C23H16FNO4S3. The lowest BCUT2D eigenvalue weighted by Crippen LogP contribution is -2.27. The van der Waals surface area contributed by atoms with Gasteiger partial charge in [0.05, 0.1) is 17.2 Å². The zero-order chi connectivity index (χ0) is 22.7. The normalized spacial score (nSPS) is 14.8. The average Bonchev–Trinajstić information content (AvgIpc) is 3.39. The zero-order valence-electron chi connectivity index (χ0n) is 16.7. The van der Waals surface area contributed by atoms with Crippen molar-refractivity contribution in [2.75, 3.05) is 11.5 Å². The van der Waals surface area contributed by atoms with Gasteiger partial charge in [-0.15, -0.1) is 11.3 Å². The highest BCUT2D eigenvalue weighted by Gasteiger charge is 2.33. The Kier molecular flexibility index (Phi) is 6.69. The zero-order valence-corrected chi connectivity index (χ0v) is 19.2. The van der Waals surface area contributed by atoms with Gasteiger partial charge in [-0.1, -0.05) is 42.2 Å². The van der Waals surface area contributed by atoms with Crippen LogP contribution in [0, 0.1) is 5.82 Å². The number of ether oxygens (including phenoxy) is 2. The third-order valence-electron chi connectivity index (χ3n) is 4.35. The number of thiocarbonyl (C=S) groups is 1. The minimum absolute atomic E-state index is 0.287. The number of halogens is 1. The molecule has 1 fully saturated rings. The molecule has 0 bridgehead atoms. The Bertz CT molecular complexity index is 1220. The van der Waals surface area contributed by atoms with Crippen LogP contribution in [-0.2, 0) is 4.79 Å². The Morgan fingerprint density at radius 3 is 2.72 bits per heavy atom. The van der Waals surface area contributed by atoms with Crippen LogP contribution in [-0.4, -0.2) is 22.8 Å². The molecule has 0 aliphatic carbocycles. The monoisotopic (exact) mass is 485 g/mol. The highest BCUT2D eigenvalue weighted by molar-refractivity contribution is 8.27. The first kappa shape index (κ1) is 22.2. The lowest BCUT2D eigenvalue weighted by molar-refractivity contribution is -0.113. The summed E-state index contributed by atoms with van der Waals surface area (Å²) in [5.41, 5.74) is 1.05. The molecule has 162 valence electrons. The maximum atomic E-state index is 13.6. The minimum Gasteiger partial charge on any atom is -0.490 e. The van der Waals surface area contributed by atoms with Crippen molar-refractivity contribution in [3.8, 4) is 11.5 Å². The van der Waals surface area contributed by atoms with E-state index in [0.29, 0.717) is 37.7 Å². The SMILES string of the molecule is CCOc1cc(/C=C2\SC(=S)N(c3cccc(F)c3)C2=O)ccc1OC(=O)c1cccs1. The summed E-state index contributed by atoms with van der Waals surface area (Å²) >= 11 is 7.75. The number of thiophene rings is 1. The Labute approximate surface area is 197 Å². The van der Waals surface area contributed by atoms with E-state index in [1.54, 1.807) is 47.9 Å². The van der Waals surface area contributed by atoms with E-state index in [1.165, 1.54) is 34.4 Å². The van der Waals surface area contributed by atoms with E-state index in [4.69, 9.17) is 21.7 Å². The molecule has 1 aliphatic rings. The van der Waals surface area contributed by atoms with Gasteiger partial charge in [0.1, 0.15) is 10.7 Å². The third kappa shape index (κ3) is 4.74. The van der Waals surface area contributed by atoms with Crippen LogP contribution in [0.15, 0.2) is 64.9 Å². The molecule has 3 aromatic rings. The van der Waals surface area contributed by atoms with Gasteiger partial charge in [0.15, 0.2) is 15.8 Å². The molecule has 0 spiro atoms. The molecule has 1 amide bonds.